The minimum atomic E-state index is -1.09. The lowest BCUT2D eigenvalue weighted by molar-refractivity contribution is -0.171. The molecule has 2 aromatic rings. The Morgan fingerprint density at radius 2 is 1.22 bits per heavy atom. The highest BCUT2D eigenvalue weighted by Gasteiger charge is 2.47. The number of cyclic esters (lactones) is 2. The van der Waals surface area contributed by atoms with E-state index in [4.69, 9.17) is 0 Å². The van der Waals surface area contributed by atoms with Crippen LogP contribution in [0.5, 0.6) is 0 Å². The largest absolute Gasteiger partial charge is 0.392 e. The maximum absolute atomic E-state index is 13.2. The van der Waals surface area contributed by atoms with Crippen molar-refractivity contribution >= 4 is 34.9 Å². The maximum atomic E-state index is 13.2. The summed E-state index contributed by atoms with van der Waals surface area (Å²) in [6.07, 6.45) is 0.0497. The molecule has 0 bridgehead atoms. The third-order valence-corrected chi connectivity index (χ3v) is 4.66. The summed E-state index contributed by atoms with van der Waals surface area (Å²) < 4.78 is 4.65. The molecule has 0 spiro atoms. The standard InChI is InChI=1S/C21H15NO5/c23-16-12-11-15(21(26)27-16)22-19(24)17(13-7-3-1-4-8-13)18(20(22)25)14-9-5-2-6-10-14/h1-10,15H,11-12H2. The molecule has 0 aliphatic carbocycles. The number of esters is 2. The molecule has 1 fully saturated rings. The number of ether oxygens (including phenoxy) is 1. The van der Waals surface area contributed by atoms with Gasteiger partial charge in [-0.05, 0) is 17.5 Å². The second-order valence-corrected chi connectivity index (χ2v) is 6.31. The van der Waals surface area contributed by atoms with Gasteiger partial charge in [0.05, 0.1) is 11.1 Å². The summed E-state index contributed by atoms with van der Waals surface area (Å²) in [6, 6.07) is 16.6. The van der Waals surface area contributed by atoms with Crippen molar-refractivity contribution in [2.75, 3.05) is 0 Å². The second-order valence-electron chi connectivity index (χ2n) is 6.31. The van der Waals surface area contributed by atoms with Crippen LogP contribution >= 0.6 is 0 Å². The molecule has 0 N–H and O–H groups in total. The average Bonchev–Trinajstić information content (AvgIpc) is 2.94. The van der Waals surface area contributed by atoms with Gasteiger partial charge in [-0.3, -0.25) is 19.3 Å². The van der Waals surface area contributed by atoms with Crippen molar-refractivity contribution in [1.29, 1.82) is 0 Å². The molecule has 6 heteroatoms. The van der Waals surface area contributed by atoms with Gasteiger partial charge in [0.1, 0.15) is 6.04 Å². The molecule has 2 aliphatic heterocycles. The van der Waals surface area contributed by atoms with E-state index in [1.165, 1.54) is 0 Å². The number of rotatable bonds is 3. The van der Waals surface area contributed by atoms with Gasteiger partial charge in [-0.1, -0.05) is 60.7 Å². The van der Waals surface area contributed by atoms with Crippen molar-refractivity contribution in [3.8, 4) is 0 Å². The fourth-order valence-corrected chi connectivity index (χ4v) is 3.41. The summed E-state index contributed by atoms with van der Waals surface area (Å²) in [4.78, 5) is 50.8. The quantitative estimate of drug-likeness (QED) is 0.476. The molecule has 0 saturated carbocycles. The summed E-state index contributed by atoms with van der Waals surface area (Å²) >= 11 is 0. The molecule has 2 heterocycles. The monoisotopic (exact) mass is 361 g/mol. The van der Waals surface area contributed by atoms with Crippen LogP contribution in [-0.4, -0.2) is 34.7 Å². The molecule has 1 unspecified atom stereocenters. The SMILES string of the molecule is O=C1CCC(N2C(=O)C(c3ccccc3)=C(c3ccccc3)C2=O)C(=O)O1. The minimum absolute atomic E-state index is 0.0190. The molecule has 134 valence electrons. The molecule has 6 nitrogen and oxygen atoms in total. The highest BCUT2D eigenvalue weighted by atomic mass is 16.6. The number of carbonyl (C=O) groups is 4. The molecule has 4 rings (SSSR count). The maximum Gasteiger partial charge on any atom is 0.337 e. The Labute approximate surface area is 155 Å². The normalized spacial score (nSPS) is 20.3. The molecule has 2 aromatic carbocycles. The number of imide groups is 1. The second kappa shape index (κ2) is 6.64. The number of benzene rings is 2. The zero-order valence-corrected chi connectivity index (χ0v) is 14.3. The van der Waals surface area contributed by atoms with Crippen LogP contribution in [0.25, 0.3) is 11.1 Å². The lowest BCUT2D eigenvalue weighted by Crippen LogP contribution is -2.49. The van der Waals surface area contributed by atoms with Crippen LogP contribution in [0.4, 0.5) is 0 Å². The van der Waals surface area contributed by atoms with Crippen LogP contribution in [0.1, 0.15) is 24.0 Å². The Kier molecular flexibility index (Phi) is 4.16. The van der Waals surface area contributed by atoms with Gasteiger partial charge in [0.15, 0.2) is 0 Å². The number of nitrogens with zero attached hydrogens (tertiary/aromatic N) is 1. The first-order valence-electron chi connectivity index (χ1n) is 8.55. The third kappa shape index (κ3) is 2.85. The lowest BCUT2D eigenvalue weighted by Gasteiger charge is -2.27. The Morgan fingerprint density at radius 1 is 0.741 bits per heavy atom. The van der Waals surface area contributed by atoms with Crippen LogP contribution in [-0.2, 0) is 23.9 Å². The Morgan fingerprint density at radius 3 is 1.67 bits per heavy atom. The van der Waals surface area contributed by atoms with Gasteiger partial charge in [0.25, 0.3) is 11.8 Å². The predicted octanol–water partition coefficient (Wildman–Crippen LogP) is 2.20. The minimum Gasteiger partial charge on any atom is -0.392 e. The van der Waals surface area contributed by atoms with Crippen LogP contribution in [0.15, 0.2) is 60.7 Å². The molecule has 2 amide bonds. The summed E-state index contributed by atoms with van der Waals surface area (Å²) in [5.74, 6) is -2.62. The van der Waals surface area contributed by atoms with Crippen LogP contribution in [0.2, 0.25) is 0 Å². The first-order chi connectivity index (χ1) is 13.1. The van der Waals surface area contributed by atoms with Crippen molar-refractivity contribution in [1.82, 2.24) is 4.90 Å². The molecule has 27 heavy (non-hydrogen) atoms. The van der Waals surface area contributed by atoms with E-state index in [9.17, 15) is 19.2 Å². The fourth-order valence-electron chi connectivity index (χ4n) is 3.41. The number of hydrogen-bond acceptors (Lipinski definition) is 5. The van der Waals surface area contributed by atoms with E-state index < -0.39 is 29.8 Å². The number of amides is 2. The summed E-state index contributed by atoms with van der Waals surface area (Å²) in [6.45, 7) is 0. The molecule has 2 aliphatic rings. The van der Waals surface area contributed by atoms with Gasteiger partial charge in [-0.15, -0.1) is 0 Å². The van der Waals surface area contributed by atoms with E-state index >= 15 is 0 Å². The van der Waals surface area contributed by atoms with Gasteiger partial charge in [0, 0.05) is 6.42 Å². The average molecular weight is 361 g/mol. The van der Waals surface area contributed by atoms with Gasteiger partial charge in [-0.2, -0.15) is 0 Å². The van der Waals surface area contributed by atoms with Crippen molar-refractivity contribution < 1.29 is 23.9 Å². The van der Waals surface area contributed by atoms with Crippen molar-refractivity contribution in [3.05, 3.63) is 71.8 Å². The molecule has 0 aromatic heterocycles. The first kappa shape index (κ1) is 16.9. The van der Waals surface area contributed by atoms with Crippen LogP contribution < -0.4 is 0 Å². The summed E-state index contributed by atoms with van der Waals surface area (Å²) in [5.41, 5.74) is 1.68. The molecule has 1 saturated heterocycles. The van der Waals surface area contributed by atoms with E-state index in [0.717, 1.165) is 4.90 Å². The van der Waals surface area contributed by atoms with Gasteiger partial charge in [0.2, 0.25) is 0 Å². The van der Waals surface area contributed by atoms with Crippen molar-refractivity contribution in [2.45, 2.75) is 18.9 Å². The predicted molar refractivity (Wildman–Crippen MR) is 95.7 cm³/mol. The Bertz CT molecular complexity index is 917. The van der Waals surface area contributed by atoms with Gasteiger partial charge < -0.3 is 4.74 Å². The molecule has 1 atom stereocenters. The molecule has 0 radical (unpaired) electrons. The number of carbonyl (C=O) groups excluding carboxylic acids is 4. The molecular weight excluding hydrogens is 346 g/mol. The molecular formula is C21H15NO5. The van der Waals surface area contributed by atoms with Gasteiger partial charge >= 0.3 is 11.9 Å². The van der Waals surface area contributed by atoms with Crippen molar-refractivity contribution in [3.63, 3.8) is 0 Å². The van der Waals surface area contributed by atoms with Gasteiger partial charge in [-0.25, -0.2) is 4.79 Å². The Balaban J connectivity index is 1.83. The zero-order valence-electron chi connectivity index (χ0n) is 14.3. The summed E-state index contributed by atoms with van der Waals surface area (Å²) in [7, 11) is 0. The number of hydrogen-bond donors (Lipinski definition) is 0. The first-order valence-corrected chi connectivity index (χ1v) is 8.55. The highest BCUT2D eigenvalue weighted by Crippen LogP contribution is 2.37. The smallest absolute Gasteiger partial charge is 0.337 e. The third-order valence-electron chi connectivity index (χ3n) is 4.66. The van der Waals surface area contributed by atoms with Crippen molar-refractivity contribution in [2.24, 2.45) is 0 Å². The lowest BCUT2D eigenvalue weighted by atomic mass is 9.96. The van der Waals surface area contributed by atoms with E-state index in [-0.39, 0.29) is 24.0 Å². The van der Waals surface area contributed by atoms with Crippen LogP contribution in [0.3, 0.4) is 0 Å². The van der Waals surface area contributed by atoms with E-state index in [1.54, 1.807) is 48.5 Å². The topological polar surface area (TPSA) is 80.8 Å². The van der Waals surface area contributed by atoms with E-state index in [0.29, 0.717) is 11.1 Å². The summed E-state index contributed by atoms with van der Waals surface area (Å²) in [5, 5.41) is 0. The van der Waals surface area contributed by atoms with Crippen LogP contribution in [0, 0.1) is 0 Å². The highest BCUT2D eigenvalue weighted by molar-refractivity contribution is 6.49. The van der Waals surface area contributed by atoms with E-state index in [1.807, 2.05) is 12.1 Å². The zero-order chi connectivity index (χ0) is 19.0. The van der Waals surface area contributed by atoms with E-state index in [2.05, 4.69) is 4.74 Å². The Hall–Kier alpha value is -3.54. The fraction of sp³-hybridized carbons (Fsp3) is 0.143.